The lowest BCUT2D eigenvalue weighted by atomic mass is 10.2. The van der Waals surface area contributed by atoms with Crippen molar-refractivity contribution in [1.82, 2.24) is 20.0 Å². The fraction of sp³-hybridized carbons (Fsp3) is 0.357. The molecule has 1 aromatic carbocycles. The summed E-state index contributed by atoms with van der Waals surface area (Å²) in [7, 11) is -3.57. The monoisotopic (exact) mass is 308 g/mol. The molecule has 1 atom stereocenters. The summed E-state index contributed by atoms with van der Waals surface area (Å²) in [6.07, 6.45) is 3.26. The first-order chi connectivity index (χ1) is 10.0. The number of aromatic nitrogens is 2. The maximum absolute atomic E-state index is 12.4. The zero-order valence-electron chi connectivity index (χ0n) is 12.1. The van der Waals surface area contributed by atoms with Gasteiger partial charge in [-0.15, -0.1) is 0 Å². The van der Waals surface area contributed by atoms with Crippen molar-refractivity contribution in [2.24, 2.45) is 0 Å². The van der Waals surface area contributed by atoms with Crippen LogP contribution in [0, 0.1) is 0 Å². The zero-order valence-corrected chi connectivity index (χ0v) is 12.9. The molecule has 0 saturated carbocycles. The van der Waals surface area contributed by atoms with Crippen molar-refractivity contribution >= 4 is 10.0 Å². The maximum Gasteiger partial charge on any atom is 0.241 e. The van der Waals surface area contributed by atoms with Gasteiger partial charge in [-0.05, 0) is 31.2 Å². The Morgan fingerprint density at radius 3 is 2.86 bits per heavy atom. The zero-order chi connectivity index (χ0) is 15.3. The van der Waals surface area contributed by atoms with E-state index in [0.717, 1.165) is 12.1 Å². The predicted molar refractivity (Wildman–Crippen MR) is 81.1 cm³/mol. The van der Waals surface area contributed by atoms with Crippen molar-refractivity contribution < 1.29 is 8.42 Å². The Balaban J connectivity index is 2.15. The molecule has 2 aromatic rings. The summed E-state index contributed by atoms with van der Waals surface area (Å²) in [6.45, 7) is 5.24. The predicted octanol–water partition coefficient (Wildman–Crippen LogP) is 1.56. The summed E-state index contributed by atoms with van der Waals surface area (Å²) in [4.78, 5) is 7.22. The molecule has 0 aliphatic rings. The van der Waals surface area contributed by atoms with E-state index in [4.69, 9.17) is 0 Å². The fourth-order valence-electron chi connectivity index (χ4n) is 1.96. The van der Waals surface area contributed by atoms with E-state index < -0.39 is 16.1 Å². The molecule has 0 bridgehead atoms. The van der Waals surface area contributed by atoms with E-state index in [2.05, 4.69) is 20.0 Å². The first-order valence-electron chi connectivity index (χ1n) is 6.84. The Morgan fingerprint density at radius 1 is 1.38 bits per heavy atom. The van der Waals surface area contributed by atoms with Crippen molar-refractivity contribution in [3.8, 4) is 0 Å². The average Bonchev–Trinajstić information content (AvgIpc) is 2.99. The second-order valence-corrected chi connectivity index (χ2v) is 6.46. The second-order valence-electron chi connectivity index (χ2n) is 4.75. The minimum atomic E-state index is -3.57. The smallest absolute Gasteiger partial charge is 0.241 e. The Bertz CT molecular complexity index is 668. The molecule has 2 rings (SSSR count). The van der Waals surface area contributed by atoms with Crippen molar-refractivity contribution in [3.63, 3.8) is 0 Å². The van der Waals surface area contributed by atoms with E-state index in [1.165, 1.54) is 0 Å². The van der Waals surface area contributed by atoms with Gasteiger partial charge < -0.3 is 10.3 Å². The van der Waals surface area contributed by atoms with Crippen LogP contribution in [0.1, 0.15) is 31.3 Å². The minimum absolute atomic E-state index is 0.260. The molecule has 1 heterocycles. The highest BCUT2D eigenvalue weighted by atomic mass is 32.2. The van der Waals surface area contributed by atoms with Crippen LogP contribution in [0.25, 0.3) is 0 Å². The summed E-state index contributed by atoms with van der Waals surface area (Å²) >= 11 is 0. The molecule has 0 fully saturated rings. The molecule has 1 aromatic heterocycles. The molecule has 0 amide bonds. The second kappa shape index (κ2) is 6.84. The van der Waals surface area contributed by atoms with Crippen LogP contribution in [0.15, 0.2) is 41.6 Å². The topological polar surface area (TPSA) is 86.9 Å². The SMILES string of the molecule is CCNCc1cccc(S(=O)(=O)NC(C)c2ncc[nH]2)c1. The van der Waals surface area contributed by atoms with Crippen LogP contribution in [-0.4, -0.2) is 24.9 Å². The van der Waals surface area contributed by atoms with Gasteiger partial charge in [-0.2, -0.15) is 0 Å². The highest BCUT2D eigenvalue weighted by Crippen LogP contribution is 2.15. The van der Waals surface area contributed by atoms with Gasteiger partial charge in [0.1, 0.15) is 5.82 Å². The molecular weight excluding hydrogens is 288 g/mol. The summed E-state index contributed by atoms with van der Waals surface area (Å²) in [5.41, 5.74) is 0.936. The standard InChI is InChI=1S/C14H20N4O2S/c1-3-15-10-12-5-4-6-13(9-12)21(19,20)18-11(2)14-16-7-8-17-14/h4-9,11,15,18H,3,10H2,1-2H3,(H,16,17). The average molecular weight is 308 g/mol. The number of hydrogen-bond acceptors (Lipinski definition) is 4. The lowest BCUT2D eigenvalue weighted by molar-refractivity contribution is 0.561. The van der Waals surface area contributed by atoms with Crippen molar-refractivity contribution in [1.29, 1.82) is 0 Å². The number of benzene rings is 1. The van der Waals surface area contributed by atoms with Crippen LogP contribution in [-0.2, 0) is 16.6 Å². The molecule has 114 valence electrons. The number of nitrogens with one attached hydrogen (secondary N) is 3. The maximum atomic E-state index is 12.4. The Morgan fingerprint density at radius 2 is 2.19 bits per heavy atom. The number of hydrogen-bond donors (Lipinski definition) is 3. The lowest BCUT2D eigenvalue weighted by Crippen LogP contribution is -2.27. The van der Waals surface area contributed by atoms with E-state index in [0.29, 0.717) is 12.4 Å². The van der Waals surface area contributed by atoms with Crippen molar-refractivity contribution in [2.45, 2.75) is 31.3 Å². The highest BCUT2D eigenvalue weighted by Gasteiger charge is 2.19. The normalized spacial score (nSPS) is 13.2. The lowest BCUT2D eigenvalue weighted by Gasteiger charge is -2.13. The molecule has 0 saturated heterocycles. The molecule has 0 radical (unpaired) electrons. The van der Waals surface area contributed by atoms with Gasteiger partial charge in [0, 0.05) is 18.9 Å². The number of aromatic amines is 1. The number of H-pyrrole nitrogens is 1. The molecule has 0 aliphatic heterocycles. The Hall–Kier alpha value is -1.70. The summed E-state index contributed by atoms with van der Waals surface area (Å²) in [6, 6.07) is 6.51. The van der Waals surface area contributed by atoms with Crippen molar-refractivity contribution in [2.75, 3.05) is 6.54 Å². The van der Waals surface area contributed by atoms with E-state index in [-0.39, 0.29) is 4.90 Å². The fourth-order valence-corrected chi connectivity index (χ4v) is 3.24. The largest absolute Gasteiger partial charge is 0.347 e. The van der Waals surface area contributed by atoms with E-state index in [9.17, 15) is 8.42 Å². The van der Waals surface area contributed by atoms with Gasteiger partial charge >= 0.3 is 0 Å². The third-order valence-electron chi connectivity index (χ3n) is 3.05. The van der Waals surface area contributed by atoms with E-state index >= 15 is 0 Å². The van der Waals surface area contributed by atoms with Gasteiger partial charge in [0.15, 0.2) is 0 Å². The Kier molecular flexibility index (Phi) is 5.11. The summed E-state index contributed by atoms with van der Waals surface area (Å²) in [5.74, 6) is 0.586. The highest BCUT2D eigenvalue weighted by molar-refractivity contribution is 7.89. The first kappa shape index (κ1) is 15.7. The van der Waals surface area contributed by atoms with E-state index in [1.54, 1.807) is 37.5 Å². The van der Waals surface area contributed by atoms with Gasteiger partial charge in [0.25, 0.3) is 0 Å². The quantitative estimate of drug-likeness (QED) is 0.724. The van der Waals surface area contributed by atoms with Crippen LogP contribution in [0.5, 0.6) is 0 Å². The number of sulfonamides is 1. The third kappa shape index (κ3) is 4.13. The number of nitrogens with zero attached hydrogens (tertiary/aromatic N) is 1. The third-order valence-corrected chi connectivity index (χ3v) is 4.59. The first-order valence-corrected chi connectivity index (χ1v) is 8.32. The molecule has 21 heavy (non-hydrogen) atoms. The molecule has 0 aliphatic carbocycles. The Labute approximate surface area is 125 Å². The molecule has 3 N–H and O–H groups in total. The van der Waals surface area contributed by atoms with E-state index in [1.807, 2.05) is 13.0 Å². The van der Waals surface area contributed by atoms with Crippen LogP contribution >= 0.6 is 0 Å². The molecule has 1 unspecified atom stereocenters. The van der Waals surface area contributed by atoms with Gasteiger partial charge in [-0.3, -0.25) is 0 Å². The van der Waals surface area contributed by atoms with Crippen molar-refractivity contribution in [3.05, 3.63) is 48.0 Å². The van der Waals surface area contributed by atoms with Crippen LogP contribution in [0.3, 0.4) is 0 Å². The summed E-state index contributed by atoms with van der Waals surface area (Å²) < 4.78 is 27.4. The molecule has 0 spiro atoms. The van der Waals surface area contributed by atoms with Crippen LogP contribution in [0.2, 0.25) is 0 Å². The minimum Gasteiger partial charge on any atom is -0.347 e. The molecular formula is C14H20N4O2S. The summed E-state index contributed by atoms with van der Waals surface area (Å²) in [5, 5.41) is 3.18. The van der Waals surface area contributed by atoms with Crippen LogP contribution in [0.4, 0.5) is 0 Å². The van der Waals surface area contributed by atoms with Gasteiger partial charge in [-0.25, -0.2) is 18.1 Å². The number of rotatable bonds is 7. The van der Waals surface area contributed by atoms with Gasteiger partial charge in [-0.1, -0.05) is 19.1 Å². The molecule has 6 nitrogen and oxygen atoms in total. The van der Waals surface area contributed by atoms with Gasteiger partial charge in [0.2, 0.25) is 10.0 Å². The molecule has 7 heteroatoms. The number of imidazole rings is 1. The van der Waals surface area contributed by atoms with Gasteiger partial charge in [0.05, 0.1) is 10.9 Å². The van der Waals surface area contributed by atoms with Crippen LogP contribution < -0.4 is 10.0 Å².